The minimum Gasteiger partial charge on any atom is -0.354 e. The van der Waals surface area contributed by atoms with Crippen LogP contribution in [0.1, 0.15) is 18.5 Å². The maximum atomic E-state index is 11.6. The lowest BCUT2D eigenvalue weighted by Gasteiger charge is -2.16. The van der Waals surface area contributed by atoms with E-state index in [1.165, 1.54) is 0 Å². The summed E-state index contributed by atoms with van der Waals surface area (Å²) in [5.74, 6) is 0.0807. The normalized spacial score (nSPS) is 16.9. The fourth-order valence-electron chi connectivity index (χ4n) is 1.96. The molecule has 4 nitrogen and oxygen atoms in total. The van der Waals surface area contributed by atoms with Crippen molar-refractivity contribution >= 4 is 5.91 Å². The number of carbonyl (C=O) groups is 1. The fourth-order valence-corrected chi connectivity index (χ4v) is 1.96. The molecule has 1 aliphatic rings. The van der Waals surface area contributed by atoms with Gasteiger partial charge in [-0.25, -0.2) is 0 Å². The molecule has 0 saturated heterocycles. The smallest absolute Gasteiger partial charge is 0.234 e. The Hall–Kier alpha value is -1.42. The Balaban J connectivity index is 1.89. The lowest BCUT2D eigenvalue weighted by molar-refractivity contribution is -0.121. The van der Waals surface area contributed by atoms with Crippen molar-refractivity contribution in [3.05, 3.63) is 30.1 Å². The highest BCUT2D eigenvalue weighted by Crippen LogP contribution is 2.46. The second-order valence-corrected chi connectivity index (χ2v) is 5.01. The largest absolute Gasteiger partial charge is 0.354 e. The fraction of sp³-hybridized carbons (Fsp3) is 0.538. The maximum Gasteiger partial charge on any atom is 0.234 e. The third-order valence-electron chi connectivity index (χ3n) is 3.15. The van der Waals surface area contributed by atoms with Gasteiger partial charge in [0.05, 0.1) is 6.54 Å². The van der Waals surface area contributed by atoms with Crippen molar-refractivity contribution in [2.75, 3.05) is 27.2 Å². The number of nitrogens with zero attached hydrogens (tertiary/aromatic N) is 2. The molecule has 1 fully saturated rings. The van der Waals surface area contributed by atoms with Gasteiger partial charge in [-0.15, -0.1) is 0 Å². The van der Waals surface area contributed by atoms with Gasteiger partial charge in [0.25, 0.3) is 0 Å². The molecule has 4 heteroatoms. The van der Waals surface area contributed by atoms with Gasteiger partial charge in [0, 0.05) is 23.9 Å². The molecular weight excluding hydrogens is 214 g/mol. The summed E-state index contributed by atoms with van der Waals surface area (Å²) in [6, 6.07) is 5.97. The highest BCUT2D eigenvalue weighted by atomic mass is 16.2. The molecule has 0 aliphatic heterocycles. The standard InChI is InChI=1S/C13H19N3O/c1-16(2)9-12(17)15-10-13(6-7-13)11-5-3-4-8-14-11/h3-5,8H,6-7,9-10H2,1-2H3,(H,15,17). The Morgan fingerprint density at radius 1 is 1.47 bits per heavy atom. The van der Waals surface area contributed by atoms with Crippen molar-refractivity contribution in [1.82, 2.24) is 15.2 Å². The van der Waals surface area contributed by atoms with Gasteiger partial charge in [0.15, 0.2) is 0 Å². The minimum absolute atomic E-state index is 0.0807. The van der Waals surface area contributed by atoms with Crippen LogP contribution < -0.4 is 5.32 Å². The molecule has 1 heterocycles. The van der Waals surface area contributed by atoms with E-state index in [1.54, 1.807) is 0 Å². The molecule has 0 atom stereocenters. The summed E-state index contributed by atoms with van der Waals surface area (Å²) in [5.41, 5.74) is 1.20. The lowest BCUT2D eigenvalue weighted by Crippen LogP contribution is -2.38. The summed E-state index contributed by atoms with van der Waals surface area (Å²) in [4.78, 5) is 17.8. The van der Waals surface area contributed by atoms with E-state index in [2.05, 4.69) is 10.3 Å². The van der Waals surface area contributed by atoms with Crippen molar-refractivity contribution in [2.24, 2.45) is 0 Å². The minimum atomic E-state index is 0.0807. The molecule has 0 spiro atoms. The zero-order chi connectivity index (χ0) is 12.3. The Labute approximate surface area is 102 Å². The molecule has 92 valence electrons. The maximum absolute atomic E-state index is 11.6. The Morgan fingerprint density at radius 2 is 2.24 bits per heavy atom. The zero-order valence-corrected chi connectivity index (χ0v) is 10.4. The van der Waals surface area contributed by atoms with Gasteiger partial charge in [-0.05, 0) is 39.1 Å². The van der Waals surface area contributed by atoms with E-state index in [-0.39, 0.29) is 11.3 Å². The van der Waals surface area contributed by atoms with E-state index < -0.39 is 0 Å². The lowest BCUT2D eigenvalue weighted by atomic mass is 10.0. The average molecular weight is 233 g/mol. The summed E-state index contributed by atoms with van der Waals surface area (Å²) in [5, 5.41) is 2.99. The molecule has 1 saturated carbocycles. The number of nitrogens with one attached hydrogen (secondary N) is 1. The van der Waals surface area contributed by atoms with Crippen molar-refractivity contribution in [1.29, 1.82) is 0 Å². The molecule has 0 bridgehead atoms. The quantitative estimate of drug-likeness (QED) is 0.818. The van der Waals surface area contributed by atoms with E-state index >= 15 is 0 Å². The summed E-state index contributed by atoms with van der Waals surface area (Å²) < 4.78 is 0. The molecule has 0 aromatic carbocycles. The van der Waals surface area contributed by atoms with Crippen LogP contribution in [0, 0.1) is 0 Å². The number of hydrogen-bond acceptors (Lipinski definition) is 3. The predicted octanol–water partition coefficient (Wildman–Crippen LogP) is 0.791. The third kappa shape index (κ3) is 3.03. The molecule has 0 radical (unpaired) electrons. The second kappa shape index (κ2) is 4.84. The molecule has 1 N–H and O–H groups in total. The summed E-state index contributed by atoms with van der Waals surface area (Å²) in [6.07, 6.45) is 4.05. The summed E-state index contributed by atoms with van der Waals surface area (Å²) in [6.45, 7) is 1.15. The second-order valence-electron chi connectivity index (χ2n) is 5.01. The molecular formula is C13H19N3O. The highest BCUT2D eigenvalue weighted by Gasteiger charge is 2.45. The van der Waals surface area contributed by atoms with Crippen LogP contribution in [-0.2, 0) is 10.2 Å². The zero-order valence-electron chi connectivity index (χ0n) is 10.4. The van der Waals surface area contributed by atoms with Crippen LogP contribution in [0.2, 0.25) is 0 Å². The number of rotatable bonds is 5. The summed E-state index contributed by atoms with van der Waals surface area (Å²) in [7, 11) is 3.79. The van der Waals surface area contributed by atoms with E-state index in [9.17, 15) is 4.79 Å². The van der Waals surface area contributed by atoms with E-state index in [0.29, 0.717) is 13.1 Å². The number of amides is 1. The monoisotopic (exact) mass is 233 g/mol. The SMILES string of the molecule is CN(C)CC(=O)NCC1(c2ccccn2)CC1. The van der Waals surface area contributed by atoms with Gasteiger partial charge in [-0.1, -0.05) is 6.07 Å². The molecule has 1 aromatic heterocycles. The molecule has 0 unspecified atom stereocenters. The van der Waals surface area contributed by atoms with Crippen LogP contribution in [0.15, 0.2) is 24.4 Å². The predicted molar refractivity (Wildman–Crippen MR) is 66.7 cm³/mol. The Kier molecular flexibility index (Phi) is 3.43. The first-order chi connectivity index (χ1) is 8.12. The number of pyridine rings is 1. The van der Waals surface area contributed by atoms with Gasteiger partial charge < -0.3 is 10.2 Å². The van der Waals surface area contributed by atoms with E-state index in [0.717, 1.165) is 18.5 Å². The third-order valence-corrected chi connectivity index (χ3v) is 3.15. The van der Waals surface area contributed by atoms with Crippen LogP contribution >= 0.6 is 0 Å². The first kappa shape index (κ1) is 12.0. The number of likely N-dealkylation sites (N-methyl/N-ethyl adjacent to an activating group) is 1. The molecule has 17 heavy (non-hydrogen) atoms. The first-order valence-electron chi connectivity index (χ1n) is 5.95. The van der Waals surface area contributed by atoms with Crippen molar-refractivity contribution in [3.8, 4) is 0 Å². The number of carbonyl (C=O) groups excluding carboxylic acids is 1. The van der Waals surface area contributed by atoms with Crippen molar-refractivity contribution in [3.63, 3.8) is 0 Å². The van der Waals surface area contributed by atoms with E-state index in [1.807, 2.05) is 43.4 Å². The van der Waals surface area contributed by atoms with Gasteiger partial charge in [0.1, 0.15) is 0 Å². The van der Waals surface area contributed by atoms with Gasteiger partial charge in [-0.3, -0.25) is 9.78 Å². The topological polar surface area (TPSA) is 45.2 Å². The Bertz CT molecular complexity index is 385. The van der Waals surface area contributed by atoms with Crippen molar-refractivity contribution < 1.29 is 4.79 Å². The van der Waals surface area contributed by atoms with Crippen LogP contribution in [0.4, 0.5) is 0 Å². The highest BCUT2D eigenvalue weighted by molar-refractivity contribution is 5.78. The number of hydrogen-bond donors (Lipinski definition) is 1. The van der Waals surface area contributed by atoms with Crippen LogP contribution in [0.25, 0.3) is 0 Å². The van der Waals surface area contributed by atoms with Crippen LogP contribution in [-0.4, -0.2) is 43.0 Å². The van der Waals surface area contributed by atoms with E-state index in [4.69, 9.17) is 0 Å². The van der Waals surface area contributed by atoms with Crippen LogP contribution in [0.5, 0.6) is 0 Å². The van der Waals surface area contributed by atoms with Gasteiger partial charge >= 0.3 is 0 Å². The van der Waals surface area contributed by atoms with Crippen molar-refractivity contribution in [2.45, 2.75) is 18.3 Å². The molecule has 1 amide bonds. The molecule has 1 aromatic rings. The summed E-state index contributed by atoms with van der Waals surface area (Å²) >= 11 is 0. The van der Waals surface area contributed by atoms with Gasteiger partial charge in [-0.2, -0.15) is 0 Å². The Morgan fingerprint density at radius 3 is 2.76 bits per heavy atom. The first-order valence-corrected chi connectivity index (χ1v) is 5.95. The molecule has 1 aliphatic carbocycles. The number of aromatic nitrogens is 1. The average Bonchev–Trinajstić information content (AvgIpc) is 3.08. The van der Waals surface area contributed by atoms with Crippen LogP contribution in [0.3, 0.4) is 0 Å². The van der Waals surface area contributed by atoms with Gasteiger partial charge in [0.2, 0.25) is 5.91 Å². The molecule has 2 rings (SSSR count).